The smallest absolute Gasteiger partial charge is 0.167 e. The number of carbonyl (C=O) groups excluding carboxylic acids is 1. The molecular weight excluding hydrogens is 224 g/mol. The number of hydrogen-bond donors (Lipinski definition) is 0. The number of Topliss-reactive ketones (excluding diaryl/α,β-unsaturated/α-hetero) is 1. The zero-order valence-corrected chi connectivity index (χ0v) is 8.86. The largest absolute Gasteiger partial charge is 0.294 e. The van der Waals surface area contributed by atoms with E-state index in [0.29, 0.717) is 5.56 Å². The Balaban J connectivity index is 2.20. The van der Waals surface area contributed by atoms with E-state index in [4.69, 9.17) is 0 Å². The van der Waals surface area contributed by atoms with Gasteiger partial charge >= 0.3 is 0 Å². The molecule has 0 atom stereocenters. The summed E-state index contributed by atoms with van der Waals surface area (Å²) >= 11 is 0. The zero-order valence-electron chi connectivity index (χ0n) is 8.86. The van der Waals surface area contributed by atoms with Crippen LogP contribution in [0, 0.1) is 11.6 Å². The number of benzene rings is 1. The molecule has 0 fully saturated rings. The van der Waals surface area contributed by atoms with E-state index in [9.17, 15) is 13.6 Å². The third-order valence-corrected chi connectivity index (χ3v) is 2.27. The van der Waals surface area contributed by atoms with Crippen LogP contribution >= 0.6 is 0 Å². The third kappa shape index (κ3) is 2.93. The van der Waals surface area contributed by atoms with E-state index < -0.39 is 11.6 Å². The van der Waals surface area contributed by atoms with Crippen LogP contribution in [0.3, 0.4) is 0 Å². The molecule has 0 radical (unpaired) electrons. The Labute approximate surface area is 96.9 Å². The first-order chi connectivity index (χ1) is 8.15. The summed E-state index contributed by atoms with van der Waals surface area (Å²) in [6, 6.07) is 6.24. The number of aromatic nitrogens is 1. The normalized spacial score (nSPS) is 10.2. The van der Waals surface area contributed by atoms with E-state index in [1.54, 1.807) is 24.5 Å². The monoisotopic (exact) mass is 233 g/mol. The minimum absolute atomic E-state index is 0.0337. The summed E-state index contributed by atoms with van der Waals surface area (Å²) in [6.07, 6.45) is 3.22. The van der Waals surface area contributed by atoms with Gasteiger partial charge in [-0.1, -0.05) is 6.07 Å². The molecule has 0 aliphatic carbocycles. The molecule has 86 valence electrons. The van der Waals surface area contributed by atoms with Crippen molar-refractivity contribution in [1.82, 2.24) is 4.98 Å². The molecule has 0 unspecified atom stereocenters. The Morgan fingerprint density at radius 2 is 1.88 bits per heavy atom. The molecule has 2 rings (SSSR count). The van der Waals surface area contributed by atoms with Crippen LogP contribution in [0.4, 0.5) is 8.78 Å². The fraction of sp³-hybridized carbons (Fsp3) is 0.0769. The van der Waals surface area contributed by atoms with E-state index in [1.165, 1.54) is 0 Å². The summed E-state index contributed by atoms with van der Waals surface area (Å²) < 4.78 is 25.8. The lowest BCUT2D eigenvalue weighted by atomic mass is 10.0. The standard InChI is InChI=1S/C13H9F2NO/c14-11-5-10(6-12(15)7-11)13(17)4-9-2-1-3-16-8-9/h1-3,5-8H,4H2. The van der Waals surface area contributed by atoms with E-state index >= 15 is 0 Å². The fourth-order valence-electron chi connectivity index (χ4n) is 1.50. The molecule has 0 saturated heterocycles. The molecule has 0 aliphatic heterocycles. The predicted octanol–water partition coefficient (Wildman–Crippen LogP) is 2.79. The maximum absolute atomic E-state index is 12.9. The van der Waals surface area contributed by atoms with Gasteiger partial charge in [0.25, 0.3) is 0 Å². The van der Waals surface area contributed by atoms with E-state index in [0.717, 1.165) is 18.2 Å². The minimum Gasteiger partial charge on any atom is -0.294 e. The van der Waals surface area contributed by atoms with Crippen molar-refractivity contribution in [2.24, 2.45) is 0 Å². The van der Waals surface area contributed by atoms with Crippen molar-refractivity contribution >= 4 is 5.78 Å². The van der Waals surface area contributed by atoms with Gasteiger partial charge in [-0.05, 0) is 23.8 Å². The van der Waals surface area contributed by atoms with Gasteiger partial charge in [-0.25, -0.2) is 8.78 Å². The van der Waals surface area contributed by atoms with Crippen LogP contribution in [0.15, 0.2) is 42.7 Å². The molecule has 0 saturated carbocycles. The molecule has 1 aromatic heterocycles. The van der Waals surface area contributed by atoms with Crippen molar-refractivity contribution in [3.8, 4) is 0 Å². The molecule has 1 aromatic carbocycles. The molecule has 1 heterocycles. The van der Waals surface area contributed by atoms with Gasteiger partial charge < -0.3 is 0 Å². The molecule has 0 spiro atoms. The Kier molecular flexibility index (Phi) is 3.23. The average molecular weight is 233 g/mol. The van der Waals surface area contributed by atoms with Crippen LogP contribution in [-0.2, 0) is 6.42 Å². The van der Waals surface area contributed by atoms with Gasteiger partial charge in [0.2, 0.25) is 0 Å². The second-order valence-electron chi connectivity index (χ2n) is 3.62. The van der Waals surface area contributed by atoms with Gasteiger partial charge in [0.15, 0.2) is 5.78 Å². The highest BCUT2D eigenvalue weighted by Gasteiger charge is 2.10. The quantitative estimate of drug-likeness (QED) is 0.763. The number of rotatable bonds is 3. The second kappa shape index (κ2) is 4.82. The van der Waals surface area contributed by atoms with Crippen molar-refractivity contribution in [2.75, 3.05) is 0 Å². The van der Waals surface area contributed by atoms with Crippen molar-refractivity contribution in [3.63, 3.8) is 0 Å². The summed E-state index contributed by atoms with van der Waals surface area (Å²) in [6.45, 7) is 0. The Morgan fingerprint density at radius 3 is 2.47 bits per heavy atom. The summed E-state index contributed by atoms with van der Waals surface area (Å²) in [4.78, 5) is 15.6. The molecule has 0 bridgehead atoms. The van der Waals surface area contributed by atoms with Gasteiger partial charge in [0.05, 0.1) is 0 Å². The maximum Gasteiger partial charge on any atom is 0.167 e. The zero-order chi connectivity index (χ0) is 12.3. The first kappa shape index (κ1) is 11.4. The van der Waals surface area contributed by atoms with Gasteiger partial charge in [-0.3, -0.25) is 9.78 Å². The molecule has 2 aromatic rings. The lowest BCUT2D eigenvalue weighted by Crippen LogP contribution is -2.04. The molecule has 0 N–H and O–H groups in total. The predicted molar refractivity (Wildman–Crippen MR) is 58.6 cm³/mol. The number of hydrogen-bond acceptors (Lipinski definition) is 2. The lowest BCUT2D eigenvalue weighted by molar-refractivity contribution is 0.0992. The summed E-state index contributed by atoms with van der Waals surface area (Å²) in [5.41, 5.74) is 0.744. The lowest BCUT2D eigenvalue weighted by Gasteiger charge is -2.01. The topological polar surface area (TPSA) is 30.0 Å². The first-order valence-corrected chi connectivity index (χ1v) is 5.03. The number of ketones is 1. The molecule has 2 nitrogen and oxygen atoms in total. The fourth-order valence-corrected chi connectivity index (χ4v) is 1.50. The summed E-state index contributed by atoms with van der Waals surface area (Å²) in [5, 5.41) is 0. The minimum atomic E-state index is -0.750. The van der Waals surface area contributed by atoms with Crippen molar-refractivity contribution in [2.45, 2.75) is 6.42 Å². The Morgan fingerprint density at radius 1 is 1.18 bits per heavy atom. The van der Waals surface area contributed by atoms with Gasteiger partial charge in [0.1, 0.15) is 11.6 Å². The van der Waals surface area contributed by atoms with Gasteiger partial charge in [-0.15, -0.1) is 0 Å². The highest BCUT2D eigenvalue weighted by molar-refractivity contribution is 5.97. The second-order valence-corrected chi connectivity index (χ2v) is 3.62. The van der Waals surface area contributed by atoms with E-state index in [-0.39, 0.29) is 17.8 Å². The molecular formula is C13H9F2NO. The van der Waals surface area contributed by atoms with Crippen LogP contribution in [0.2, 0.25) is 0 Å². The van der Waals surface area contributed by atoms with Crippen molar-refractivity contribution in [3.05, 3.63) is 65.5 Å². The first-order valence-electron chi connectivity index (χ1n) is 5.03. The highest BCUT2D eigenvalue weighted by Crippen LogP contribution is 2.11. The van der Waals surface area contributed by atoms with Crippen LogP contribution < -0.4 is 0 Å². The van der Waals surface area contributed by atoms with Crippen LogP contribution in [0.5, 0.6) is 0 Å². The molecule has 17 heavy (non-hydrogen) atoms. The van der Waals surface area contributed by atoms with E-state index in [2.05, 4.69) is 4.98 Å². The maximum atomic E-state index is 12.9. The molecule has 4 heteroatoms. The van der Waals surface area contributed by atoms with Crippen LogP contribution in [0.25, 0.3) is 0 Å². The molecule has 0 aliphatic rings. The van der Waals surface area contributed by atoms with Crippen molar-refractivity contribution in [1.29, 1.82) is 0 Å². The molecule has 0 amide bonds. The Hall–Kier alpha value is -2.10. The number of carbonyl (C=O) groups is 1. The SMILES string of the molecule is O=C(Cc1cccnc1)c1cc(F)cc(F)c1. The number of pyridine rings is 1. The number of halogens is 2. The van der Waals surface area contributed by atoms with Crippen molar-refractivity contribution < 1.29 is 13.6 Å². The van der Waals surface area contributed by atoms with E-state index in [1.807, 2.05) is 0 Å². The third-order valence-electron chi connectivity index (χ3n) is 2.27. The summed E-state index contributed by atoms with van der Waals surface area (Å²) in [5.74, 6) is -1.84. The van der Waals surface area contributed by atoms with Crippen LogP contribution in [-0.4, -0.2) is 10.8 Å². The van der Waals surface area contributed by atoms with Gasteiger partial charge in [-0.2, -0.15) is 0 Å². The average Bonchev–Trinajstić information content (AvgIpc) is 2.29. The highest BCUT2D eigenvalue weighted by atomic mass is 19.1. The van der Waals surface area contributed by atoms with Crippen LogP contribution in [0.1, 0.15) is 15.9 Å². The Bertz CT molecular complexity index is 520. The van der Waals surface area contributed by atoms with Gasteiger partial charge in [0, 0.05) is 30.4 Å². The number of nitrogens with zero attached hydrogens (tertiary/aromatic N) is 1. The summed E-state index contributed by atoms with van der Waals surface area (Å²) in [7, 11) is 0.